The molecule has 0 saturated carbocycles. The maximum Gasteiger partial charge on any atom is 0.120 e. The van der Waals surface area contributed by atoms with Gasteiger partial charge in [0.15, 0.2) is 0 Å². The van der Waals surface area contributed by atoms with Crippen LogP contribution in [0, 0.1) is 11.8 Å². The summed E-state index contributed by atoms with van der Waals surface area (Å²) in [5.74, 6) is 7.44. The van der Waals surface area contributed by atoms with Crippen molar-refractivity contribution in [3.63, 3.8) is 0 Å². The molecular formula is C29H27NOS. The fraction of sp³-hybridized carbons (Fsp3) is 0.172. The number of ether oxygens (including phenoxy) is 1. The normalized spacial score (nSPS) is 10.6. The summed E-state index contributed by atoms with van der Waals surface area (Å²) in [6.45, 7) is 5.26. The molecule has 160 valence electrons. The van der Waals surface area contributed by atoms with Crippen molar-refractivity contribution < 1.29 is 4.74 Å². The Morgan fingerprint density at radius 2 is 1.75 bits per heavy atom. The summed E-state index contributed by atoms with van der Waals surface area (Å²) in [7, 11) is 0. The summed E-state index contributed by atoms with van der Waals surface area (Å²) in [5, 5.41) is 4.29. The zero-order chi connectivity index (χ0) is 22.0. The molecule has 0 spiro atoms. The van der Waals surface area contributed by atoms with E-state index in [1.165, 1.54) is 22.3 Å². The molecule has 4 rings (SSSR count). The molecule has 0 fully saturated rings. The molecule has 0 aliphatic carbocycles. The largest absolute Gasteiger partial charge is 0.489 e. The van der Waals surface area contributed by atoms with Crippen molar-refractivity contribution in [3.8, 4) is 28.7 Å². The topological polar surface area (TPSA) is 12.5 Å². The molecule has 0 saturated heterocycles. The van der Waals surface area contributed by atoms with Gasteiger partial charge in [0.2, 0.25) is 0 Å². The molecule has 0 aliphatic rings. The van der Waals surface area contributed by atoms with Crippen LogP contribution in [0.25, 0.3) is 11.1 Å². The second kappa shape index (κ2) is 11.3. The predicted molar refractivity (Wildman–Crippen MR) is 135 cm³/mol. The highest BCUT2D eigenvalue weighted by Crippen LogP contribution is 2.27. The molecule has 1 heterocycles. The Labute approximate surface area is 195 Å². The van der Waals surface area contributed by atoms with E-state index in [4.69, 9.17) is 4.74 Å². The molecule has 3 heteroatoms. The van der Waals surface area contributed by atoms with Crippen molar-refractivity contribution in [2.75, 3.05) is 13.1 Å². The van der Waals surface area contributed by atoms with E-state index >= 15 is 0 Å². The quantitative estimate of drug-likeness (QED) is 0.279. The first kappa shape index (κ1) is 21.9. The van der Waals surface area contributed by atoms with E-state index in [0.29, 0.717) is 6.61 Å². The molecule has 0 unspecified atom stereocenters. The van der Waals surface area contributed by atoms with Crippen LogP contribution in [0.1, 0.15) is 23.6 Å². The van der Waals surface area contributed by atoms with Crippen LogP contribution in [0.15, 0.2) is 95.7 Å². The molecule has 4 aromatic rings. The van der Waals surface area contributed by atoms with E-state index < -0.39 is 0 Å². The lowest BCUT2D eigenvalue weighted by Crippen LogP contribution is -2.23. The van der Waals surface area contributed by atoms with E-state index in [1.54, 1.807) is 11.3 Å². The Balaban J connectivity index is 1.38. The maximum atomic E-state index is 6.18. The van der Waals surface area contributed by atoms with E-state index in [2.05, 4.69) is 83.0 Å². The van der Waals surface area contributed by atoms with Gasteiger partial charge in [-0.2, -0.15) is 11.3 Å². The molecule has 0 N–H and O–H groups in total. The van der Waals surface area contributed by atoms with Crippen LogP contribution in [0.5, 0.6) is 5.75 Å². The van der Waals surface area contributed by atoms with Gasteiger partial charge >= 0.3 is 0 Å². The van der Waals surface area contributed by atoms with Gasteiger partial charge in [0.05, 0.1) is 6.54 Å². The summed E-state index contributed by atoms with van der Waals surface area (Å²) in [5.41, 5.74) is 5.97. The Hall–Kier alpha value is -3.32. The molecule has 3 aromatic carbocycles. The fourth-order valence-electron chi connectivity index (χ4n) is 3.55. The number of thiophene rings is 1. The number of benzene rings is 3. The number of rotatable bonds is 8. The van der Waals surface area contributed by atoms with Gasteiger partial charge in [-0.15, -0.1) is 0 Å². The summed E-state index contributed by atoms with van der Waals surface area (Å²) in [6.07, 6.45) is 0. The summed E-state index contributed by atoms with van der Waals surface area (Å²) in [4.78, 5) is 2.33. The van der Waals surface area contributed by atoms with Crippen LogP contribution >= 0.6 is 11.3 Å². The zero-order valence-corrected chi connectivity index (χ0v) is 19.1. The van der Waals surface area contributed by atoms with Crippen LogP contribution in [0.4, 0.5) is 0 Å². The van der Waals surface area contributed by atoms with E-state index in [0.717, 1.165) is 30.9 Å². The van der Waals surface area contributed by atoms with Gasteiger partial charge in [-0.05, 0) is 69.9 Å². The van der Waals surface area contributed by atoms with E-state index in [9.17, 15) is 0 Å². The summed E-state index contributed by atoms with van der Waals surface area (Å²) in [6, 6.07) is 29.1. The molecule has 2 nitrogen and oxygen atoms in total. The number of hydrogen-bond acceptors (Lipinski definition) is 3. The van der Waals surface area contributed by atoms with Crippen molar-refractivity contribution in [3.05, 3.63) is 112 Å². The Kier molecular flexibility index (Phi) is 7.76. The number of nitrogens with zero attached hydrogens (tertiary/aromatic N) is 1. The highest BCUT2D eigenvalue weighted by molar-refractivity contribution is 7.08. The van der Waals surface area contributed by atoms with Gasteiger partial charge in [-0.3, -0.25) is 4.90 Å². The lowest BCUT2D eigenvalue weighted by molar-refractivity contribution is 0.301. The second-order valence-electron chi connectivity index (χ2n) is 7.58. The summed E-state index contributed by atoms with van der Waals surface area (Å²) < 4.78 is 6.18. The van der Waals surface area contributed by atoms with Gasteiger partial charge in [0.25, 0.3) is 0 Å². The van der Waals surface area contributed by atoms with Crippen LogP contribution < -0.4 is 4.74 Å². The third kappa shape index (κ3) is 6.11. The third-order valence-corrected chi connectivity index (χ3v) is 5.99. The monoisotopic (exact) mass is 437 g/mol. The van der Waals surface area contributed by atoms with E-state index in [1.807, 2.05) is 36.4 Å². The zero-order valence-electron chi connectivity index (χ0n) is 18.3. The maximum absolute atomic E-state index is 6.18. The lowest BCUT2D eigenvalue weighted by atomic mass is 10.0. The first-order valence-electron chi connectivity index (χ1n) is 10.9. The molecule has 0 bridgehead atoms. The van der Waals surface area contributed by atoms with Crippen LogP contribution in [-0.2, 0) is 13.2 Å². The minimum atomic E-state index is 0.551. The van der Waals surface area contributed by atoms with Gasteiger partial charge in [-0.25, -0.2) is 0 Å². The smallest absolute Gasteiger partial charge is 0.120 e. The molecule has 0 radical (unpaired) electrons. The van der Waals surface area contributed by atoms with Crippen molar-refractivity contribution in [1.82, 2.24) is 4.90 Å². The third-order valence-electron chi connectivity index (χ3n) is 5.30. The van der Waals surface area contributed by atoms with Crippen LogP contribution in [0.3, 0.4) is 0 Å². The van der Waals surface area contributed by atoms with E-state index in [-0.39, 0.29) is 0 Å². The highest BCUT2D eigenvalue weighted by Gasteiger charge is 2.07. The first-order chi connectivity index (χ1) is 15.8. The van der Waals surface area contributed by atoms with Crippen molar-refractivity contribution >= 4 is 11.3 Å². The molecule has 1 aromatic heterocycles. The standard InChI is InChI=1S/C29H27NOS/c1-2-30(18-9-13-24-10-4-3-5-11-24)21-25-12-8-15-28(20-25)31-22-26-14-6-7-16-29(26)27-17-19-32-23-27/h3-8,10-12,14-17,19-20,23H,2,18,21-22H2,1H3. The van der Waals surface area contributed by atoms with Gasteiger partial charge in [-0.1, -0.05) is 73.4 Å². The minimum Gasteiger partial charge on any atom is -0.489 e. The average Bonchev–Trinajstić information content (AvgIpc) is 3.38. The molecular weight excluding hydrogens is 410 g/mol. The van der Waals surface area contributed by atoms with Crippen molar-refractivity contribution in [2.24, 2.45) is 0 Å². The van der Waals surface area contributed by atoms with Gasteiger partial charge in [0.1, 0.15) is 12.4 Å². The van der Waals surface area contributed by atoms with Crippen LogP contribution in [-0.4, -0.2) is 18.0 Å². The second-order valence-corrected chi connectivity index (χ2v) is 8.36. The predicted octanol–water partition coefficient (Wildman–Crippen LogP) is 6.87. The molecule has 0 amide bonds. The summed E-state index contributed by atoms with van der Waals surface area (Å²) >= 11 is 1.72. The lowest BCUT2D eigenvalue weighted by Gasteiger charge is -2.18. The first-order valence-corrected chi connectivity index (χ1v) is 11.8. The Morgan fingerprint density at radius 3 is 2.56 bits per heavy atom. The van der Waals surface area contributed by atoms with Crippen molar-refractivity contribution in [2.45, 2.75) is 20.1 Å². The Bertz CT molecular complexity index is 1170. The minimum absolute atomic E-state index is 0.551. The molecule has 0 aliphatic heterocycles. The van der Waals surface area contributed by atoms with Gasteiger partial charge in [0, 0.05) is 12.1 Å². The number of hydrogen-bond donors (Lipinski definition) is 0. The van der Waals surface area contributed by atoms with Gasteiger partial charge < -0.3 is 4.74 Å². The Morgan fingerprint density at radius 1 is 0.906 bits per heavy atom. The SMILES string of the molecule is CCN(CC#Cc1ccccc1)Cc1cccc(OCc2ccccc2-c2ccsc2)c1. The molecule has 32 heavy (non-hydrogen) atoms. The average molecular weight is 438 g/mol. The fourth-order valence-corrected chi connectivity index (χ4v) is 4.21. The van der Waals surface area contributed by atoms with Crippen molar-refractivity contribution in [1.29, 1.82) is 0 Å². The van der Waals surface area contributed by atoms with Crippen LogP contribution in [0.2, 0.25) is 0 Å². The highest BCUT2D eigenvalue weighted by atomic mass is 32.1. The molecule has 0 atom stereocenters.